The summed E-state index contributed by atoms with van der Waals surface area (Å²) in [6.45, 7) is 4.38. The third-order valence-electron chi connectivity index (χ3n) is 3.10. The molecule has 1 atom stereocenters. The summed E-state index contributed by atoms with van der Waals surface area (Å²) in [5.74, 6) is 0.355. The van der Waals surface area contributed by atoms with E-state index >= 15 is 0 Å². The Morgan fingerprint density at radius 1 is 1.62 bits per heavy atom. The van der Waals surface area contributed by atoms with Gasteiger partial charge in [-0.15, -0.1) is 0 Å². The van der Waals surface area contributed by atoms with E-state index in [1.807, 2.05) is 23.8 Å². The number of hydrogen-bond acceptors (Lipinski definition) is 6. The number of thiophene rings is 1. The second kappa shape index (κ2) is 6.68. The Morgan fingerprint density at radius 3 is 2.95 bits per heavy atom. The fraction of sp³-hybridized carbons (Fsp3) is 0.462. The lowest BCUT2D eigenvalue weighted by atomic mass is 10.2. The van der Waals surface area contributed by atoms with E-state index in [2.05, 4.69) is 10.4 Å². The maximum absolute atomic E-state index is 11.2. The fourth-order valence-electron chi connectivity index (χ4n) is 2.11. The maximum atomic E-state index is 11.2. The minimum absolute atomic E-state index is 0.0269. The van der Waals surface area contributed by atoms with Crippen molar-refractivity contribution in [2.45, 2.75) is 32.9 Å². The minimum atomic E-state index is -0.707. The first-order chi connectivity index (χ1) is 10.0. The fourth-order valence-corrected chi connectivity index (χ4v) is 2.82. The summed E-state index contributed by atoms with van der Waals surface area (Å²) in [7, 11) is 0. The molecule has 2 aromatic rings. The highest BCUT2D eigenvalue weighted by atomic mass is 32.1. The average Bonchev–Trinajstić information content (AvgIpc) is 3.04. The third kappa shape index (κ3) is 3.40. The van der Waals surface area contributed by atoms with Crippen LogP contribution in [0.25, 0.3) is 0 Å². The first-order valence-electron chi connectivity index (χ1n) is 6.70. The average molecular weight is 310 g/mol. The third-order valence-corrected chi connectivity index (χ3v) is 3.81. The molecule has 0 aliphatic rings. The Balaban J connectivity index is 2.19. The van der Waals surface area contributed by atoms with Gasteiger partial charge in [0, 0.05) is 13.1 Å². The lowest BCUT2D eigenvalue weighted by Gasteiger charge is -2.12. The molecule has 8 heteroatoms. The van der Waals surface area contributed by atoms with Crippen molar-refractivity contribution in [3.63, 3.8) is 0 Å². The lowest BCUT2D eigenvalue weighted by molar-refractivity contribution is -0.384. The molecule has 114 valence electrons. The van der Waals surface area contributed by atoms with Crippen molar-refractivity contribution in [1.29, 1.82) is 0 Å². The molecule has 21 heavy (non-hydrogen) atoms. The number of aliphatic hydroxyl groups is 1. The van der Waals surface area contributed by atoms with Crippen LogP contribution in [0, 0.1) is 17.0 Å². The van der Waals surface area contributed by atoms with Gasteiger partial charge in [0.25, 0.3) is 0 Å². The molecule has 1 unspecified atom stereocenters. The number of nitrogens with zero attached hydrogens (tertiary/aromatic N) is 3. The molecule has 0 spiro atoms. The van der Waals surface area contributed by atoms with Crippen molar-refractivity contribution >= 4 is 22.8 Å². The standard InChI is InChI=1S/C13H18N4O3S/c1-3-5-16-13(12(17(19)20)9(2)15-16)14-7-11(18)10-4-6-21-8-10/h4,6,8,11,14,18H,3,5,7H2,1-2H3. The zero-order valence-electron chi connectivity index (χ0n) is 11.9. The van der Waals surface area contributed by atoms with Crippen LogP contribution in [0.5, 0.6) is 0 Å². The van der Waals surface area contributed by atoms with E-state index in [1.165, 1.54) is 11.3 Å². The number of nitro groups is 1. The molecule has 0 saturated heterocycles. The van der Waals surface area contributed by atoms with Crippen LogP contribution in [0.4, 0.5) is 11.5 Å². The molecule has 2 N–H and O–H groups in total. The van der Waals surface area contributed by atoms with Crippen LogP contribution in [-0.4, -0.2) is 26.4 Å². The Bertz CT molecular complexity index is 609. The zero-order chi connectivity index (χ0) is 15.4. The number of aryl methyl sites for hydroxylation is 2. The molecular weight excluding hydrogens is 292 g/mol. The first-order valence-corrected chi connectivity index (χ1v) is 7.64. The minimum Gasteiger partial charge on any atom is -0.387 e. The quantitative estimate of drug-likeness (QED) is 0.606. The van der Waals surface area contributed by atoms with Gasteiger partial charge < -0.3 is 10.4 Å². The predicted octanol–water partition coefficient (Wildman–Crippen LogP) is 2.72. The summed E-state index contributed by atoms with van der Waals surface area (Å²) < 4.78 is 1.59. The summed E-state index contributed by atoms with van der Waals surface area (Å²) in [6, 6.07) is 1.83. The summed E-state index contributed by atoms with van der Waals surface area (Å²) in [5, 5.41) is 32.2. The monoisotopic (exact) mass is 310 g/mol. The normalized spacial score (nSPS) is 12.3. The Kier molecular flexibility index (Phi) is 4.92. The molecular formula is C13H18N4O3S. The van der Waals surface area contributed by atoms with Crippen molar-refractivity contribution in [3.8, 4) is 0 Å². The lowest BCUT2D eigenvalue weighted by Crippen LogP contribution is -2.15. The van der Waals surface area contributed by atoms with Crippen LogP contribution in [0.1, 0.15) is 30.7 Å². The largest absolute Gasteiger partial charge is 0.387 e. The van der Waals surface area contributed by atoms with Gasteiger partial charge in [-0.1, -0.05) is 6.92 Å². The Morgan fingerprint density at radius 2 is 2.38 bits per heavy atom. The topological polar surface area (TPSA) is 93.2 Å². The van der Waals surface area contributed by atoms with E-state index in [1.54, 1.807) is 11.6 Å². The highest BCUT2D eigenvalue weighted by molar-refractivity contribution is 7.07. The van der Waals surface area contributed by atoms with Gasteiger partial charge in [0.2, 0.25) is 5.82 Å². The number of aliphatic hydroxyl groups excluding tert-OH is 1. The van der Waals surface area contributed by atoms with Gasteiger partial charge in [-0.25, -0.2) is 4.68 Å². The Hall–Kier alpha value is -1.93. The number of nitrogens with one attached hydrogen (secondary N) is 1. The van der Waals surface area contributed by atoms with Crippen LogP contribution in [0.3, 0.4) is 0 Å². The Labute approximate surface area is 126 Å². The summed E-state index contributed by atoms with van der Waals surface area (Å²) in [6.07, 6.45) is 0.112. The number of rotatable bonds is 7. The predicted molar refractivity (Wildman–Crippen MR) is 81.7 cm³/mol. The molecule has 7 nitrogen and oxygen atoms in total. The molecule has 0 fully saturated rings. The van der Waals surface area contributed by atoms with Crippen molar-refractivity contribution in [1.82, 2.24) is 9.78 Å². The second-order valence-electron chi connectivity index (χ2n) is 4.72. The van der Waals surface area contributed by atoms with Gasteiger partial charge >= 0.3 is 5.69 Å². The van der Waals surface area contributed by atoms with E-state index in [4.69, 9.17) is 0 Å². The molecule has 2 heterocycles. The highest BCUT2D eigenvalue weighted by Gasteiger charge is 2.25. The molecule has 0 saturated carbocycles. The van der Waals surface area contributed by atoms with E-state index in [0.29, 0.717) is 18.1 Å². The van der Waals surface area contributed by atoms with Crippen LogP contribution >= 0.6 is 11.3 Å². The number of hydrogen-bond donors (Lipinski definition) is 2. The molecule has 0 aliphatic carbocycles. The van der Waals surface area contributed by atoms with Gasteiger partial charge in [0.05, 0.1) is 11.0 Å². The molecule has 0 amide bonds. The van der Waals surface area contributed by atoms with E-state index in [0.717, 1.165) is 12.0 Å². The molecule has 0 bridgehead atoms. The van der Waals surface area contributed by atoms with Crippen LogP contribution in [0.2, 0.25) is 0 Å². The molecule has 2 aromatic heterocycles. The van der Waals surface area contributed by atoms with Crippen molar-refractivity contribution in [2.75, 3.05) is 11.9 Å². The SMILES string of the molecule is CCCn1nc(C)c([N+](=O)[O-])c1NCC(O)c1ccsc1. The second-order valence-corrected chi connectivity index (χ2v) is 5.50. The number of anilines is 1. The van der Waals surface area contributed by atoms with Crippen LogP contribution in [0.15, 0.2) is 16.8 Å². The maximum Gasteiger partial charge on any atom is 0.333 e. The van der Waals surface area contributed by atoms with Crippen LogP contribution in [-0.2, 0) is 6.54 Å². The van der Waals surface area contributed by atoms with Crippen molar-refractivity contribution in [2.24, 2.45) is 0 Å². The summed E-state index contributed by atoms with van der Waals surface area (Å²) in [4.78, 5) is 10.7. The molecule has 2 rings (SSSR count). The van der Waals surface area contributed by atoms with E-state index in [9.17, 15) is 15.2 Å². The van der Waals surface area contributed by atoms with Gasteiger partial charge in [0.1, 0.15) is 5.69 Å². The molecule has 0 aromatic carbocycles. The van der Waals surface area contributed by atoms with Gasteiger partial charge in [-0.3, -0.25) is 10.1 Å². The van der Waals surface area contributed by atoms with Gasteiger partial charge in [0.15, 0.2) is 0 Å². The molecule has 0 radical (unpaired) electrons. The summed E-state index contributed by atoms with van der Waals surface area (Å²) >= 11 is 1.50. The van der Waals surface area contributed by atoms with Crippen molar-refractivity contribution in [3.05, 3.63) is 38.2 Å². The number of aromatic nitrogens is 2. The highest BCUT2D eigenvalue weighted by Crippen LogP contribution is 2.29. The van der Waals surface area contributed by atoms with Crippen LogP contribution < -0.4 is 5.32 Å². The smallest absolute Gasteiger partial charge is 0.333 e. The van der Waals surface area contributed by atoms with Crippen molar-refractivity contribution < 1.29 is 10.0 Å². The first kappa shape index (κ1) is 15.5. The van der Waals surface area contributed by atoms with Gasteiger partial charge in [-0.2, -0.15) is 16.4 Å². The van der Waals surface area contributed by atoms with E-state index in [-0.39, 0.29) is 12.2 Å². The zero-order valence-corrected chi connectivity index (χ0v) is 12.8. The molecule has 0 aliphatic heterocycles. The van der Waals surface area contributed by atoms with E-state index < -0.39 is 11.0 Å². The van der Waals surface area contributed by atoms with Gasteiger partial charge in [-0.05, 0) is 35.7 Å². The summed E-state index contributed by atoms with van der Waals surface area (Å²) in [5.41, 5.74) is 1.15.